The number of thiazole rings is 1. The van der Waals surface area contributed by atoms with Gasteiger partial charge in [-0.05, 0) is 38.1 Å². The SMILES string of the molecule is COC(=O)Cn1c(=NC(=O)C(C)(C)Oc2ccc(Cl)cc2)sc2cc3c(cc21)OCO3. The Labute approximate surface area is 186 Å². The summed E-state index contributed by atoms with van der Waals surface area (Å²) in [6, 6.07) is 10.3. The Hall–Kier alpha value is -3.04. The van der Waals surface area contributed by atoms with Crippen LogP contribution in [0, 0.1) is 0 Å². The van der Waals surface area contributed by atoms with E-state index in [1.165, 1.54) is 18.4 Å². The van der Waals surface area contributed by atoms with Gasteiger partial charge in [-0.15, -0.1) is 0 Å². The molecule has 1 amide bonds. The van der Waals surface area contributed by atoms with Crippen molar-refractivity contribution < 1.29 is 28.5 Å². The molecule has 0 N–H and O–H groups in total. The van der Waals surface area contributed by atoms with Crippen LogP contribution in [0.3, 0.4) is 0 Å². The van der Waals surface area contributed by atoms with Gasteiger partial charge < -0.3 is 23.5 Å². The fourth-order valence-electron chi connectivity index (χ4n) is 2.95. The van der Waals surface area contributed by atoms with Crippen molar-refractivity contribution in [2.24, 2.45) is 4.99 Å². The minimum atomic E-state index is -1.25. The van der Waals surface area contributed by atoms with Crippen molar-refractivity contribution in [3.63, 3.8) is 0 Å². The van der Waals surface area contributed by atoms with E-state index in [-0.39, 0.29) is 13.3 Å². The fraction of sp³-hybridized carbons (Fsp3) is 0.286. The molecular formula is C21H19ClN2O6S. The number of ether oxygens (including phenoxy) is 4. The van der Waals surface area contributed by atoms with Gasteiger partial charge in [0.05, 0.1) is 17.3 Å². The summed E-state index contributed by atoms with van der Waals surface area (Å²) >= 11 is 7.16. The molecule has 0 saturated heterocycles. The molecule has 31 heavy (non-hydrogen) atoms. The minimum Gasteiger partial charge on any atom is -0.478 e. The van der Waals surface area contributed by atoms with Crippen LogP contribution in [-0.4, -0.2) is 35.9 Å². The Morgan fingerprint density at radius 2 is 1.87 bits per heavy atom. The maximum atomic E-state index is 13.0. The lowest BCUT2D eigenvalue weighted by Gasteiger charge is -2.22. The molecule has 1 aromatic heterocycles. The van der Waals surface area contributed by atoms with Gasteiger partial charge in [-0.25, -0.2) is 0 Å². The van der Waals surface area contributed by atoms with Crippen LogP contribution in [-0.2, 0) is 20.9 Å². The number of aromatic nitrogens is 1. The van der Waals surface area contributed by atoms with Gasteiger partial charge in [-0.2, -0.15) is 4.99 Å². The van der Waals surface area contributed by atoms with Gasteiger partial charge in [0.25, 0.3) is 5.91 Å². The molecule has 8 nitrogen and oxygen atoms in total. The number of fused-ring (bicyclic) bond motifs is 2. The highest BCUT2D eigenvalue weighted by Gasteiger charge is 2.30. The topological polar surface area (TPSA) is 88.4 Å². The zero-order valence-electron chi connectivity index (χ0n) is 17.0. The molecule has 0 unspecified atom stereocenters. The first-order valence-corrected chi connectivity index (χ1v) is 10.5. The van der Waals surface area contributed by atoms with E-state index in [1.54, 1.807) is 54.8 Å². The zero-order chi connectivity index (χ0) is 22.2. The molecule has 1 aliphatic heterocycles. The third kappa shape index (κ3) is 4.38. The molecule has 2 heterocycles. The van der Waals surface area contributed by atoms with Crippen molar-refractivity contribution in [1.82, 2.24) is 4.57 Å². The fourth-order valence-corrected chi connectivity index (χ4v) is 4.12. The third-order valence-electron chi connectivity index (χ3n) is 4.59. The van der Waals surface area contributed by atoms with Crippen molar-refractivity contribution in [2.75, 3.05) is 13.9 Å². The number of benzene rings is 2. The highest BCUT2D eigenvalue weighted by atomic mass is 35.5. The van der Waals surface area contributed by atoms with E-state index in [0.29, 0.717) is 32.6 Å². The predicted molar refractivity (Wildman–Crippen MR) is 115 cm³/mol. The summed E-state index contributed by atoms with van der Waals surface area (Å²) in [6.07, 6.45) is 0. The molecule has 2 aromatic carbocycles. The summed E-state index contributed by atoms with van der Waals surface area (Å²) in [5.41, 5.74) is -0.566. The largest absolute Gasteiger partial charge is 0.478 e. The van der Waals surface area contributed by atoms with Gasteiger partial charge in [0.1, 0.15) is 12.3 Å². The van der Waals surface area contributed by atoms with Crippen molar-refractivity contribution >= 4 is 45.0 Å². The summed E-state index contributed by atoms with van der Waals surface area (Å²) in [7, 11) is 1.30. The van der Waals surface area contributed by atoms with E-state index < -0.39 is 17.5 Å². The first-order chi connectivity index (χ1) is 14.8. The number of halogens is 1. The van der Waals surface area contributed by atoms with E-state index in [4.69, 9.17) is 30.5 Å². The zero-order valence-corrected chi connectivity index (χ0v) is 18.6. The molecule has 10 heteroatoms. The van der Waals surface area contributed by atoms with E-state index in [9.17, 15) is 9.59 Å². The Balaban J connectivity index is 1.74. The summed E-state index contributed by atoms with van der Waals surface area (Å²) in [5.74, 6) is 0.675. The minimum absolute atomic E-state index is 0.110. The number of carbonyl (C=O) groups is 2. The number of nitrogens with zero attached hydrogens (tertiary/aromatic N) is 2. The predicted octanol–water partition coefficient (Wildman–Crippen LogP) is 3.54. The third-order valence-corrected chi connectivity index (χ3v) is 5.88. The average molecular weight is 463 g/mol. The van der Waals surface area contributed by atoms with Crippen molar-refractivity contribution in [3.05, 3.63) is 46.2 Å². The van der Waals surface area contributed by atoms with Crippen LogP contribution >= 0.6 is 22.9 Å². The molecule has 0 fully saturated rings. The Morgan fingerprint density at radius 1 is 1.19 bits per heavy atom. The number of rotatable bonds is 5. The molecule has 162 valence electrons. The van der Waals surface area contributed by atoms with Gasteiger partial charge >= 0.3 is 5.97 Å². The first-order valence-electron chi connectivity index (χ1n) is 9.30. The number of esters is 1. The molecule has 0 atom stereocenters. The monoisotopic (exact) mass is 462 g/mol. The number of hydrogen-bond donors (Lipinski definition) is 0. The maximum Gasteiger partial charge on any atom is 0.325 e. The quantitative estimate of drug-likeness (QED) is 0.539. The smallest absolute Gasteiger partial charge is 0.325 e. The Morgan fingerprint density at radius 3 is 2.55 bits per heavy atom. The Kier molecular flexibility index (Phi) is 5.63. The number of hydrogen-bond acceptors (Lipinski definition) is 7. The van der Waals surface area contributed by atoms with E-state index in [1.807, 2.05) is 0 Å². The van der Waals surface area contributed by atoms with Crippen LogP contribution in [0.1, 0.15) is 13.8 Å². The normalized spacial score (nSPS) is 13.5. The molecule has 0 spiro atoms. The summed E-state index contributed by atoms with van der Waals surface area (Å²) in [4.78, 5) is 29.6. The molecule has 4 rings (SSSR count). The second-order valence-electron chi connectivity index (χ2n) is 7.20. The van der Waals surface area contributed by atoms with Crippen LogP contribution < -0.4 is 19.0 Å². The molecule has 0 bridgehead atoms. The van der Waals surface area contributed by atoms with Crippen molar-refractivity contribution in [3.8, 4) is 17.2 Å². The molecule has 0 aliphatic carbocycles. The Bertz CT molecular complexity index is 1230. The van der Waals surface area contributed by atoms with Gasteiger partial charge in [-0.1, -0.05) is 22.9 Å². The highest BCUT2D eigenvalue weighted by Crippen LogP contribution is 2.37. The number of carbonyl (C=O) groups excluding carboxylic acids is 2. The standard InChI is InChI=1S/C21H19ClN2O6S/c1-21(2,30-13-6-4-12(22)5-7-13)19(26)23-20-24(10-18(25)27-3)14-8-15-16(29-11-28-15)9-17(14)31-20/h4-9H,10-11H2,1-3H3. The van der Waals surface area contributed by atoms with Crippen molar-refractivity contribution in [1.29, 1.82) is 0 Å². The highest BCUT2D eigenvalue weighted by molar-refractivity contribution is 7.16. The van der Waals surface area contributed by atoms with Gasteiger partial charge in [0.15, 0.2) is 21.9 Å². The lowest BCUT2D eigenvalue weighted by molar-refractivity contribution is -0.141. The lowest BCUT2D eigenvalue weighted by atomic mass is 10.1. The van der Waals surface area contributed by atoms with Gasteiger partial charge in [-0.3, -0.25) is 9.59 Å². The summed E-state index contributed by atoms with van der Waals surface area (Å²) in [6.45, 7) is 3.28. The molecule has 0 radical (unpaired) electrons. The maximum absolute atomic E-state index is 13.0. The van der Waals surface area contributed by atoms with Gasteiger partial charge in [0.2, 0.25) is 6.79 Å². The van der Waals surface area contributed by atoms with Crippen molar-refractivity contribution in [2.45, 2.75) is 26.0 Å². The van der Waals surface area contributed by atoms with Gasteiger partial charge in [0, 0.05) is 17.2 Å². The van der Waals surface area contributed by atoms with Crippen LogP contribution in [0.15, 0.2) is 41.4 Å². The summed E-state index contributed by atoms with van der Waals surface area (Å²) in [5, 5.41) is 0.565. The van der Waals surface area contributed by atoms with Crippen LogP contribution in [0.2, 0.25) is 5.02 Å². The number of amides is 1. The van der Waals surface area contributed by atoms with E-state index >= 15 is 0 Å². The second kappa shape index (κ2) is 8.24. The van der Waals surface area contributed by atoms with Crippen LogP contribution in [0.25, 0.3) is 10.2 Å². The average Bonchev–Trinajstić information content (AvgIpc) is 3.31. The summed E-state index contributed by atoms with van der Waals surface area (Å²) < 4.78 is 23.9. The molecule has 1 aliphatic rings. The van der Waals surface area contributed by atoms with Crippen LogP contribution in [0.4, 0.5) is 0 Å². The van der Waals surface area contributed by atoms with Crippen LogP contribution in [0.5, 0.6) is 17.2 Å². The molecule has 0 saturated carbocycles. The molecule has 3 aromatic rings. The second-order valence-corrected chi connectivity index (χ2v) is 8.65. The number of methoxy groups -OCH3 is 1. The van der Waals surface area contributed by atoms with E-state index in [2.05, 4.69) is 4.99 Å². The lowest BCUT2D eigenvalue weighted by Crippen LogP contribution is -2.38. The first kappa shape index (κ1) is 21.2. The van der Waals surface area contributed by atoms with E-state index in [0.717, 1.165) is 4.70 Å². The molecular weight excluding hydrogens is 444 g/mol.